The van der Waals surface area contributed by atoms with Gasteiger partial charge < -0.3 is 5.32 Å². The van der Waals surface area contributed by atoms with Crippen molar-refractivity contribution >= 4 is 17.7 Å². The van der Waals surface area contributed by atoms with Crippen molar-refractivity contribution in [3.8, 4) is 17.2 Å². The predicted octanol–water partition coefficient (Wildman–Crippen LogP) is 5.23. The Morgan fingerprint density at radius 3 is 2.64 bits per heavy atom. The number of nitrogens with one attached hydrogen (secondary N) is 1. The summed E-state index contributed by atoms with van der Waals surface area (Å²) in [6.45, 7) is -0.175. The van der Waals surface area contributed by atoms with Crippen LogP contribution in [0.1, 0.15) is 30.7 Å². The van der Waals surface area contributed by atoms with E-state index in [0.29, 0.717) is 0 Å². The number of alkyl halides is 2. The molecule has 1 N–H and O–H groups in total. The molecule has 0 spiro atoms. The fourth-order valence-electron chi connectivity index (χ4n) is 3.89. The average Bonchev–Trinajstić information content (AvgIpc) is 2.71. The summed E-state index contributed by atoms with van der Waals surface area (Å²) in [5, 5.41) is 11.2. The predicted molar refractivity (Wildman–Crippen MR) is 107 cm³/mol. The Kier molecular flexibility index (Phi) is 6.35. The molecule has 6 heteroatoms. The Morgan fingerprint density at radius 1 is 1.25 bits per heavy atom. The van der Waals surface area contributed by atoms with Crippen LogP contribution in [-0.2, 0) is 4.79 Å². The quantitative estimate of drug-likeness (QED) is 0.552. The summed E-state index contributed by atoms with van der Waals surface area (Å²) in [6.07, 6.45) is 1.52. The molecule has 1 aliphatic carbocycles. The molecule has 1 aliphatic rings. The van der Waals surface area contributed by atoms with Crippen LogP contribution in [0.2, 0.25) is 0 Å². The van der Waals surface area contributed by atoms with E-state index in [-0.39, 0.29) is 25.3 Å². The maximum Gasteiger partial charge on any atom is 0.249 e. The highest BCUT2D eigenvalue weighted by molar-refractivity contribution is 7.98. The summed E-state index contributed by atoms with van der Waals surface area (Å²) < 4.78 is 28.2. The lowest BCUT2D eigenvalue weighted by atomic mass is 9.72. The van der Waals surface area contributed by atoms with Crippen molar-refractivity contribution in [1.82, 2.24) is 5.32 Å². The zero-order chi connectivity index (χ0) is 20.1. The van der Waals surface area contributed by atoms with Crippen molar-refractivity contribution in [2.75, 3.05) is 12.8 Å². The van der Waals surface area contributed by atoms with Gasteiger partial charge in [0.2, 0.25) is 11.8 Å². The third-order valence-corrected chi connectivity index (χ3v) is 6.01. The van der Waals surface area contributed by atoms with Crippen LogP contribution >= 0.6 is 11.8 Å². The Labute approximate surface area is 168 Å². The van der Waals surface area contributed by atoms with E-state index in [0.717, 1.165) is 21.6 Å². The third-order valence-electron chi connectivity index (χ3n) is 5.27. The lowest BCUT2D eigenvalue weighted by molar-refractivity contribution is -0.133. The van der Waals surface area contributed by atoms with Gasteiger partial charge in [-0.1, -0.05) is 36.4 Å². The van der Waals surface area contributed by atoms with Crippen LogP contribution < -0.4 is 5.32 Å². The first-order chi connectivity index (χ1) is 13.4. The van der Waals surface area contributed by atoms with Gasteiger partial charge in [0.1, 0.15) is 6.54 Å². The van der Waals surface area contributed by atoms with Crippen molar-refractivity contribution in [1.29, 1.82) is 5.26 Å². The fraction of sp³-hybridized carbons (Fsp3) is 0.364. The Bertz CT molecular complexity index is 877. The van der Waals surface area contributed by atoms with Crippen LogP contribution in [-0.4, -0.2) is 24.6 Å². The number of carbonyl (C=O) groups excluding carboxylic acids is 1. The van der Waals surface area contributed by atoms with Gasteiger partial charge in [0.15, 0.2) is 0 Å². The van der Waals surface area contributed by atoms with Crippen LogP contribution in [0.3, 0.4) is 0 Å². The highest BCUT2D eigenvalue weighted by Gasteiger charge is 2.45. The molecule has 0 aliphatic heterocycles. The molecule has 1 unspecified atom stereocenters. The highest BCUT2D eigenvalue weighted by Crippen LogP contribution is 2.47. The van der Waals surface area contributed by atoms with E-state index in [1.54, 1.807) is 11.8 Å². The topological polar surface area (TPSA) is 52.9 Å². The molecule has 28 heavy (non-hydrogen) atoms. The summed E-state index contributed by atoms with van der Waals surface area (Å²) in [6, 6.07) is 17.6. The Hall–Kier alpha value is -2.39. The first-order valence-corrected chi connectivity index (χ1v) is 10.4. The minimum absolute atomic E-state index is 0.175. The molecule has 0 radical (unpaired) electrons. The second-order valence-electron chi connectivity index (χ2n) is 7.00. The zero-order valence-electron chi connectivity index (χ0n) is 15.6. The number of thioether (sulfide) groups is 1. The standard InChI is InChI=1S/C22H22F2N2OS/c1-28-16-8-6-15(7-9-16)17-4-2-3-5-18(17)19-10-11-22(23,24)14-20(19)21(27)26-13-12-25/h2-9,19-20H,10-11,13-14H2,1H3,(H,26,27)/t19?,20-/m1/s1. The fourth-order valence-corrected chi connectivity index (χ4v) is 4.30. The number of amides is 1. The molecule has 2 aromatic carbocycles. The lowest BCUT2D eigenvalue weighted by Crippen LogP contribution is -2.41. The molecule has 3 nitrogen and oxygen atoms in total. The van der Waals surface area contributed by atoms with Crippen LogP contribution in [0.4, 0.5) is 8.78 Å². The molecule has 146 valence electrons. The van der Waals surface area contributed by atoms with E-state index >= 15 is 0 Å². The van der Waals surface area contributed by atoms with Crippen molar-refractivity contribution < 1.29 is 13.6 Å². The van der Waals surface area contributed by atoms with Crippen LogP contribution in [0.5, 0.6) is 0 Å². The highest BCUT2D eigenvalue weighted by atomic mass is 32.2. The molecular formula is C22H22F2N2OS. The van der Waals surface area contributed by atoms with Crippen LogP contribution in [0.25, 0.3) is 11.1 Å². The van der Waals surface area contributed by atoms with Gasteiger partial charge in [0.05, 0.1) is 12.0 Å². The van der Waals surface area contributed by atoms with Gasteiger partial charge in [-0.25, -0.2) is 8.78 Å². The monoisotopic (exact) mass is 400 g/mol. The molecule has 0 heterocycles. The first-order valence-electron chi connectivity index (χ1n) is 9.21. The van der Waals surface area contributed by atoms with Crippen molar-refractivity contribution in [2.45, 2.75) is 36.0 Å². The molecule has 3 rings (SSSR count). The van der Waals surface area contributed by atoms with E-state index in [2.05, 4.69) is 5.32 Å². The number of nitrogens with zero attached hydrogens (tertiary/aromatic N) is 1. The molecule has 0 aromatic heterocycles. The van der Waals surface area contributed by atoms with Gasteiger partial charge in [0, 0.05) is 17.7 Å². The van der Waals surface area contributed by atoms with Gasteiger partial charge in [0.25, 0.3) is 0 Å². The van der Waals surface area contributed by atoms with E-state index in [4.69, 9.17) is 5.26 Å². The van der Waals surface area contributed by atoms with E-state index in [9.17, 15) is 13.6 Å². The van der Waals surface area contributed by atoms with Crippen molar-refractivity contribution in [3.63, 3.8) is 0 Å². The lowest BCUT2D eigenvalue weighted by Gasteiger charge is -2.36. The zero-order valence-corrected chi connectivity index (χ0v) is 16.4. The van der Waals surface area contributed by atoms with E-state index < -0.39 is 24.2 Å². The minimum atomic E-state index is -2.86. The smallest absolute Gasteiger partial charge is 0.249 e. The number of rotatable bonds is 5. The summed E-state index contributed by atoms with van der Waals surface area (Å²) in [4.78, 5) is 13.7. The number of halogens is 2. The van der Waals surface area contributed by atoms with Crippen molar-refractivity contribution in [2.24, 2.45) is 5.92 Å². The van der Waals surface area contributed by atoms with Gasteiger partial charge in [-0.15, -0.1) is 11.8 Å². The molecule has 1 amide bonds. The van der Waals surface area contributed by atoms with Crippen LogP contribution in [0, 0.1) is 17.2 Å². The van der Waals surface area contributed by atoms with Crippen molar-refractivity contribution in [3.05, 3.63) is 54.1 Å². The first kappa shape index (κ1) is 20.3. The number of benzene rings is 2. The van der Waals surface area contributed by atoms with E-state index in [1.165, 1.54) is 0 Å². The molecule has 1 fully saturated rings. The molecule has 1 saturated carbocycles. The molecular weight excluding hydrogens is 378 g/mol. The number of hydrogen-bond donors (Lipinski definition) is 1. The average molecular weight is 400 g/mol. The molecule has 0 saturated heterocycles. The minimum Gasteiger partial charge on any atom is -0.343 e. The maximum atomic E-state index is 14.1. The summed E-state index contributed by atoms with van der Waals surface area (Å²) >= 11 is 1.65. The van der Waals surface area contributed by atoms with Gasteiger partial charge >= 0.3 is 0 Å². The normalized spacial score (nSPS) is 20.9. The van der Waals surface area contributed by atoms with E-state index in [1.807, 2.05) is 60.9 Å². The van der Waals surface area contributed by atoms with Gasteiger partial charge in [-0.2, -0.15) is 5.26 Å². The van der Waals surface area contributed by atoms with Crippen LogP contribution in [0.15, 0.2) is 53.4 Å². The second-order valence-corrected chi connectivity index (χ2v) is 7.88. The largest absolute Gasteiger partial charge is 0.343 e. The number of nitriles is 1. The number of hydrogen-bond acceptors (Lipinski definition) is 3. The summed E-state index contributed by atoms with van der Waals surface area (Å²) in [7, 11) is 0. The van der Waals surface area contributed by atoms with Gasteiger partial charge in [-0.05, 0) is 47.4 Å². The molecule has 2 aromatic rings. The maximum absolute atomic E-state index is 14.1. The van der Waals surface area contributed by atoms with Gasteiger partial charge in [-0.3, -0.25) is 4.79 Å². The summed E-state index contributed by atoms with van der Waals surface area (Å²) in [5.41, 5.74) is 2.87. The summed E-state index contributed by atoms with van der Waals surface area (Å²) in [5.74, 6) is -4.50. The second kappa shape index (κ2) is 8.74. The Balaban J connectivity index is 1.98. The third kappa shape index (κ3) is 4.53. The molecule has 2 atom stereocenters. The Morgan fingerprint density at radius 2 is 1.96 bits per heavy atom. The number of carbonyl (C=O) groups is 1. The molecule has 0 bridgehead atoms. The SMILES string of the molecule is CSc1ccc(-c2ccccc2C2CCC(F)(F)C[C@H]2C(=O)NCC#N)cc1.